The van der Waals surface area contributed by atoms with Gasteiger partial charge in [0.15, 0.2) is 0 Å². The molecular formula is C21H13BrCl2N2O3. The van der Waals surface area contributed by atoms with Crippen LogP contribution in [0.15, 0.2) is 76.3 Å². The Kier molecular flexibility index (Phi) is 7.04. The quantitative estimate of drug-likeness (QED) is 0.214. The van der Waals surface area contributed by atoms with Gasteiger partial charge >= 0.3 is 5.97 Å². The lowest BCUT2D eigenvalue weighted by molar-refractivity contribution is 0.0734. The first-order valence-electron chi connectivity index (χ1n) is 8.28. The predicted molar refractivity (Wildman–Crippen MR) is 117 cm³/mol. The number of hydrazone groups is 1. The van der Waals surface area contributed by atoms with Crippen molar-refractivity contribution in [2.45, 2.75) is 0 Å². The third kappa shape index (κ3) is 5.90. The van der Waals surface area contributed by atoms with Gasteiger partial charge in [0.25, 0.3) is 5.91 Å². The summed E-state index contributed by atoms with van der Waals surface area (Å²) >= 11 is 15.0. The van der Waals surface area contributed by atoms with Gasteiger partial charge in [0.05, 0.1) is 11.8 Å². The first-order chi connectivity index (χ1) is 13.9. The van der Waals surface area contributed by atoms with E-state index in [0.29, 0.717) is 26.7 Å². The minimum Gasteiger partial charge on any atom is -0.422 e. The van der Waals surface area contributed by atoms with Crippen LogP contribution >= 0.6 is 39.1 Å². The second-order valence-corrected chi connectivity index (χ2v) is 7.57. The highest BCUT2D eigenvalue weighted by atomic mass is 79.9. The number of nitrogens with zero attached hydrogens (tertiary/aromatic N) is 1. The number of carbonyl (C=O) groups excluding carboxylic acids is 2. The SMILES string of the molecule is O=C(N/N=C/c1cc(Br)ccc1OC(=O)c1ccc(Cl)cc1)c1ccc(Cl)cc1. The molecule has 5 nitrogen and oxygen atoms in total. The molecule has 29 heavy (non-hydrogen) atoms. The molecule has 1 amide bonds. The molecule has 0 bridgehead atoms. The molecule has 146 valence electrons. The molecule has 0 heterocycles. The largest absolute Gasteiger partial charge is 0.422 e. The van der Waals surface area contributed by atoms with Gasteiger partial charge in [-0.15, -0.1) is 0 Å². The van der Waals surface area contributed by atoms with Crippen molar-refractivity contribution in [1.29, 1.82) is 0 Å². The average molecular weight is 492 g/mol. The van der Waals surface area contributed by atoms with E-state index in [4.69, 9.17) is 27.9 Å². The van der Waals surface area contributed by atoms with Crippen molar-refractivity contribution in [2.75, 3.05) is 0 Å². The summed E-state index contributed by atoms with van der Waals surface area (Å²) in [7, 11) is 0. The molecule has 0 aliphatic carbocycles. The number of ether oxygens (including phenoxy) is 1. The van der Waals surface area contributed by atoms with Crippen LogP contribution in [0.5, 0.6) is 5.75 Å². The number of nitrogens with one attached hydrogen (secondary N) is 1. The molecule has 0 aliphatic rings. The van der Waals surface area contributed by atoms with Crippen LogP contribution in [0.3, 0.4) is 0 Å². The Bertz CT molecular complexity index is 1070. The van der Waals surface area contributed by atoms with Crippen molar-refractivity contribution in [3.8, 4) is 5.75 Å². The maximum absolute atomic E-state index is 12.4. The average Bonchev–Trinajstić information content (AvgIpc) is 2.70. The van der Waals surface area contributed by atoms with Gasteiger partial charge in [-0.3, -0.25) is 4.79 Å². The normalized spacial score (nSPS) is 10.7. The Morgan fingerprint density at radius 3 is 2.10 bits per heavy atom. The molecule has 0 radical (unpaired) electrons. The van der Waals surface area contributed by atoms with Gasteiger partial charge in [-0.05, 0) is 66.7 Å². The molecule has 3 rings (SSSR count). The fraction of sp³-hybridized carbons (Fsp3) is 0. The highest BCUT2D eigenvalue weighted by molar-refractivity contribution is 9.10. The molecular weight excluding hydrogens is 479 g/mol. The number of rotatable bonds is 5. The third-order valence-corrected chi connectivity index (χ3v) is 4.73. The van der Waals surface area contributed by atoms with Crippen molar-refractivity contribution in [2.24, 2.45) is 5.10 Å². The summed E-state index contributed by atoms with van der Waals surface area (Å²) in [4.78, 5) is 24.5. The van der Waals surface area contributed by atoms with Crippen molar-refractivity contribution >= 4 is 57.2 Å². The molecule has 8 heteroatoms. The van der Waals surface area contributed by atoms with E-state index in [9.17, 15) is 9.59 Å². The van der Waals surface area contributed by atoms with Crippen molar-refractivity contribution in [3.05, 3.63) is 97.9 Å². The minimum atomic E-state index is -0.538. The van der Waals surface area contributed by atoms with Crippen LogP contribution in [0, 0.1) is 0 Å². The molecule has 0 atom stereocenters. The zero-order chi connectivity index (χ0) is 20.8. The van der Waals surface area contributed by atoms with Crippen LogP contribution in [0.25, 0.3) is 0 Å². The summed E-state index contributed by atoms with van der Waals surface area (Å²) in [5.74, 6) is -0.644. The summed E-state index contributed by atoms with van der Waals surface area (Å²) in [6, 6.07) is 17.8. The van der Waals surface area contributed by atoms with Crippen LogP contribution in [0.1, 0.15) is 26.3 Å². The Morgan fingerprint density at radius 1 is 0.897 bits per heavy atom. The van der Waals surface area contributed by atoms with Crippen LogP contribution < -0.4 is 10.2 Å². The van der Waals surface area contributed by atoms with E-state index in [1.165, 1.54) is 6.21 Å². The van der Waals surface area contributed by atoms with Gasteiger partial charge in [-0.25, -0.2) is 10.2 Å². The molecule has 1 N–H and O–H groups in total. The van der Waals surface area contributed by atoms with E-state index in [0.717, 1.165) is 4.47 Å². The molecule has 0 saturated heterocycles. The van der Waals surface area contributed by atoms with Gasteiger partial charge < -0.3 is 4.74 Å². The van der Waals surface area contributed by atoms with E-state index in [1.807, 2.05) is 0 Å². The molecule has 3 aromatic carbocycles. The van der Waals surface area contributed by atoms with Crippen LogP contribution in [0.4, 0.5) is 0 Å². The molecule has 3 aromatic rings. The predicted octanol–water partition coefficient (Wildman–Crippen LogP) is 5.74. The molecule has 0 saturated carbocycles. The van der Waals surface area contributed by atoms with Crippen molar-refractivity contribution in [3.63, 3.8) is 0 Å². The number of esters is 1. The molecule has 0 aromatic heterocycles. The fourth-order valence-corrected chi connectivity index (χ4v) is 2.91. The highest BCUT2D eigenvalue weighted by Gasteiger charge is 2.12. The van der Waals surface area contributed by atoms with Crippen molar-refractivity contribution in [1.82, 2.24) is 5.43 Å². The molecule has 0 fully saturated rings. The maximum Gasteiger partial charge on any atom is 0.343 e. The van der Waals surface area contributed by atoms with E-state index in [2.05, 4.69) is 26.5 Å². The second kappa shape index (κ2) is 9.69. The summed E-state index contributed by atoms with van der Waals surface area (Å²) in [5.41, 5.74) is 3.69. The summed E-state index contributed by atoms with van der Waals surface area (Å²) in [6.45, 7) is 0. The summed E-state index contributed by atoms with van der Waals surface area (Å²) < 4.78 is 6.22. The number of benzene rings is 3. The first kappa shape index (κ1) is 21.0. The van der Waals surface area contributed by atoms with Crippen LogP contribution in [-0.2, 0) is 0 Å². The lowest BCUT2D eigenvalue weighted by Gasteiger charge is -2.08. The molecule has 0 aliphatic heterocycles. The van der Waals surface area contributed by atoms with E-state index in [-0.39, 0.29) is 5.75 Å². The van der Waals surface area contributed by atoms with Crippen molar-refractivity contribution < 1.29 is 14.3 Å². The monoisotopic (exact) mass is 490 g/mol. The number of amides is 1. The Morgan fingerprint density at radius 2 is 1.48 bits per heavy atom. The van der Waals surface area contributed by atoms with E-state index in [1.54, 1.807) is 66.7 Å². The number of hydrogen-bond acceptors (Lipinski definition) is 4. The van der Waals surface area contributed by atoms with Crippen LogP contribution in [-0.4, -0.2) is 18.1 Å². The summed E-state index contributed by atoms with van der Waals surface area (Å²) in [6.07, 6.45) is 1.39. The number of carbonyl (C=O) groups is 2. The topological polar surface area (TPSA) is 67.8 Å². The van der Waals surface area contributed by atoms with E-state index < -0.39 is 11.9 Å². The zero-order valence-electron chi connectivity index (χ0n) is 14.7. The minimum absolute atomic E-state index is 0.289. The lowest BCUT2D eigenvalue weighted by atomic mass is 10.2. The Balaban J connectivity index is 1.73. The van der Waals surface area contributed by atoms with Gasteiger partial charge in [-0.2, -0.15) is 5.10 Å². The number of halogens is 3. The Labute approximate surface area is 185 Å². The van der Waals surface area contributed by atoms with E-state index >= 15 is 0 Å². The lowest BCUT2D eigenvalue weighted by Crippen LogP contribution is -2.17. The molecule has 0 spiro atoms. The van der Waals surface area contributed by atoms with Gasteiger partial charge in [-0.1, -0.05) is 39.1 Å². The smallest absolute Gasteiger partial charge is 0.343 e. The van der Waals surface area contributed by atoms with Gasteiger partial charge in [0.1, 0.15) is 5.75 Å². The first-order valence-corrected chi connectivity index (χ1v) is 9.83. The molecule has 0 unspecified atom stereocenters. The standard InChI is InChI=1S/C21H13BrCl2N2O3/c22-16-5-10-19(29-21(28)14-3-8-18(24)9-4-14)15(11-16)12-25-26-20(27)13-1-6-17(23)7-2-13/h1-12H,(H,26,27)/b25-12+. The summed E-state index contributed by atoms with van der Waals surface area (Å²) in [5, 5.41) is 5.00. The second-order valence-electron chi connectivity index (χ2n) is 5.78. The third-order valence-electron chi connectivity index (χ3n) is 3.73. The van der Waals surface area contributed by atoms with Gasteiger partial charge in [0.2, 0.25) is 0 Å². The Hall–Kier alpha value is -2.67. The fourth-order valence-electron chi connectivity index (χ4n) is 2.28. The highest BCUT2D eigenvalue weighted by Crippen LogP contribution is 2.23. The van der Waals surface area contributed by atoms with Gasteiger partial charge in [0, 0.05) is 25.6 Å². The van der Waals surface area contributed by atoms with Crippen LogP contribution in [0.2, 0.25) is 10.0 Å². The zero-order valence-corrected chi connectivity index (χ0v) is 17.8. The number of hydrogen-bond donors (Lipinski definition) is 1. The maximum atomic E-state index is 12.4.